The van der Waals surface area contributed by atoms with Crippen molar-refractivity contribution in [3.63, 3.8) is 0 Å². The Hall–Kier alpha value is -2.14. The van der Waals surface area contributed by atoms with Gasteiger partial charge in [-0.3, -0.25) is 0 Å². The lowest BCUT2D eigenvalue weighted by molar-refractivity contribution is 0.598. The van der Waals surface area contributed by atoms with E-state index < -0.39 is 10.0 Å². The van der Waals surface area contributed by atoms with Gasteiger partial charge in [0.05, 0.1) is 4.90 Å². The Kier molecular flexibility index (Phi) is 4.43. The fraction of sp³-hybridized carbons (Fsp3) is 0.188. The Morgan fingerprint density at radius 2 is 1.52 bits per heavy atom. The standard InChI is InChI=1S/C16H18N2O2S/c1-13-4-10-16(11-5-13)21(19,20)17-12-14-6-8-15(9-7-14)18(2)3/h4-12H,1-3H3/b17-12+. The molecule has 0 aliphatic carbocycles. The predicted molar refractivity (Wildman–Crippen MR) is 86.7 cm³/mol. The summed E-state index contributed by atoms with van der Waals surface area (Å²) < 4.78 is 27.9. The van der Waals surface area contributed by atoms with Crippen LogP contribution in [0, 0.1) is 6.92 Å². The highest BCUT2D eigenvalue weighted by molar-refractivity contribution is 7.90. The highest BCUT2D eigenvalue weighted by Crippen LogP contribution is 2.14. The average molecular weight is 302 g/mol. The van der Waals surface area contributed by atoms with Crippen molar-refractivity contribution in [3.8, 4) is 0 Å². The molecule has 2 aromatic rings. The molecule has 110 valence electrons. The minimum atomic E-state index is -3.64. The van der Waals surface area contributed by atoms with Crippen molar-refractivity contribution in [2.24, 2.45) is 4.40 Å². The molecule has 4 nitrogen and oxygen atoms in total. The molecule has 0 heterocycles. The van der Waals surface area contributed by atoms with Gasteiger partial charge in [-0.15, -0.1) is 0 Å². The van der Waals surface area contributed by atoms with Crippen LogP contribution in [-0.4, -0.2) is 28.7 Å². The van der Waals surface area contributed by atoms with Crippen LogP contribution in [0.15, 0.2) is 57.8 Å². The van der Waals surface area contributed by atoms with Crippen LogP contribution in [0.5, 0.6) is 0 Å². The number of nitrogens with zero attached hydrogens (tertiary/aromatic N) is 2. The highest BCUT2D eigenvalue weighted by Gasteiger charge is 2.10. The molecule has 0 saturated carbocycles. The van der Waals surface area contributed by atoms with Crippen LogP contribution in [0.4, 0.5) is 5.69 Å². The number of anilines is 1. The van der Waals surface area contributed by atoms with E-state index in [4.69, 9.17) is 0 Å². The molecule has 0 fully saturated rings. The summed E-state index contributed by atoms with van der Waals surface area (Å²) in [5, 5.41) is 0. The molecule has 0 atom stereocenters. The molecule has 0 N–H and O–H groups in total. The molecule has 0 saturated heterocycles. The molecule has 5 heteroatoms. The fourth-order valence-corrected chi connectivity index (χ4v) is 2.62. The summed E-state index contributed by atoms with van der Waals surface area (Å²) in [7, 11) is 0.256. The zero-order chi connectivity index (χ0) is 15.5. The molecule has 0 amide bonds. The Morgan fingerprint density at radius 1 is 0.952 bits per heavy atom. The number of benzene rings is 2. The van der Waals surface area contributed by atoms with E-state index in [1.807, 2.05) is 50.2 Å². The quantitative estimate of drug-likeness (QED) is 0.816. The third-order valence-corrected chi connectivity index (χ3v) is 4.32. The van der Waals surface area contributed by atoms with E-state index in [2.05, 4.69) is 4.40 Å². The first-order chi connectivity index (χ1) is 9.88. The molecule has 2 rings (SSSR count). The first-order valence-electron chi connectivity index (χ1n) is 6.53. The monoisotopic (exact) mass is 302 g/mol. The third kappa shape index (κ3) is 3.92. The van der Waals surface area contributed by atoms with Crippen molar-refractivity contribution in [2.75, 3.05) is 19.0 Å². The molecule has 2 aromatic carbocycles. The van der Waals surface area contributed by atoms with E-state index >= 15 is 0 Å². The largest absolute Gasteiger partial charge is 0.378 e. The maximum absolute atomic E-state index is 12.1. The van der Waals surface area contributed by atoms with E-state index in [1.165, 1.54) is 6.21 Å². The van der Waals surface area contributed by atoms with E-state index in [1.54, 1.807) is 24.3 Å². The smallest absolute Gasteiger partial charge is 0.282 e. The lowest BCUT2D eigenvalue weighted by Gasteiger charge is -2.11. The summed E-state index contributed by atoms with van der Waals surface area (Å²) in [6.07, 6.45) is 1.37. The molecule has 0 aliphatic rings. The van der Waals surface area contributed by atoms with Crippen LogP contribution in [0.3, 0.4) is 0 Å². The Bertz CT molecular complexity index is 731. The number of hydrogen-bond donors (Lipinski definition) is 0. The molecule has 21 heavy (non-hydrogen) atoms. The van der Waals surface area contributed by atoms with E-state index in [-0.39, 0.29) is 4.90 Å². The molecule has 0 aliphatic heterocycles. The summed E-state index contributed by atoms with van der Waals surface area (Å²) in [6.45, 7) is 1.91. The zero-order valence-corrected chi connectivity index (χ0v) is 13.1. The van der Waals surface area contributed by atoms with Crippen molar-refractivity contribution < 1.29 is 8.42 Å². The minimum Gasteiger partial charge on any atom is -0.378 e. The normalized spacial score (nSPS) is 11.8. The maximum atomic E-state index is 12.1. The number of rotatable bonds is 4. The maximum Gasteiger partial charge on any atom is 0.282 e. The summed E-state index contributed by atoms with van der Waals surface area (Å²) >= 11 is 0. The average Bonchev–Trinajstić information content (AvgIpc) is 2.46. The van der Waals surface area contributed by atoms with Crippen molar-refractivity contribution in [3.05, 3.63) is 59.7 Å². The van der Waals surface area contributed by atoms with Gasteiger partial charge >= 0.3 is 0 Å². The van der Waals surface area contributed by atoms with E-state index in [0.717, 1.165) is 16.8 Å². The minimum absolute atomic E-state index is 0.203. The number of sulfonamides is 1. The van der Waals surface area contributed by atoms with Gasteiger partial charge in [0.2, 0.25) is 0 Å². The van der Waals surface area contributed by atoms with Crippen LogP contribution in [-0.2, 0) is 10.0 Å². The van der Waals surface area contributed by atoms with Gasteiger partial charge in [-0.05, 0) is 36.8 Å². The van der Waals surface area contributed by atoms with Crippen LogP contribution in [0.25, 0.3) is 0 Å². The number of aryl methyl sites for hydroxylation is 1. The fourth-order valence-electron chi connectivity index (χ4n) is 1.76. The number of hydrogen-bond acceptors (Lipinski definition) is 3. The van der Waals surface area contributed by atoms with Crippen molar-refractivity contribution in [1.82, 2.24) is 0 Å². The first kappa shape index (κ1) is 15.3. The second kappa shape index (κ2) is 6.10. The van der Waals surface area contributed by atoms with Crippen molar-refractivity contribution >= 4 is 21.9 Å². The van der Waals surface area contributed by atoms with Gasteiger partial charge in [0, 0.05) is 26.0 Å². The second-order valence-corrected chi connectivity index (χ2v) is 6.64. The molecule has 0 aromatic heterocycles. The van der Waals surface area contributed by atoms with Crippen molar-refractivity contribution in [1.29, 1.82) is 0 Å². The van der Waals surface area contributed by atoms with Gasteiger partial charge < -0.3 is 4.90 Å². The predicted octanol–water partition coefficient (Wildman–Crippen LogP) is 2.87. The molecular weight excluding hydrogens is 284 g/mol. The van der Waals surface area contributed by atoms with Crippen LogP contribution >= 0.6 is 0 Å². The molecule has 0 spiro atoms. The highest BCUT2D eigenvalue weighted by atomic mass is 32.2. The molecule has 0 unspecified atom stereocenters. The van der Waals surface area contributed by atoms with Crippen LogP contribution < -0.4 is 4.90 Å². The molecule has 0 bridgehead atoms. The lowest BCUT2D eigenvalue weighted by Crippen LogP contribution is -2.08. The summed E-state index contributed by atoms with van der Waals surface area (Å²) in [5.41, 5.74) is 2.81. The van der Waals surface area contributed by atoms with E-state index in [9.17, 15) is 8.42 Å². The van der Waals surface area contributed by atoms with Gasteiger partial charge in [-0.25, -0.2) is 0 Å². The van der Waals surface area contributed by atoms with Crippen LogP contribution in [0.2, 0.25) is 0 Å². The summed E-state index contributed by atoms with van der Waals surface area (Å²) in [6, 6.07) is 14.2. The summed E-state index contributed by atoms with van der Waals surface area (Å²) in [5.74, 6) is 0. The van der Waals surface area contributed by atoms with Gasteiger partial charge in [-0.1, -0.05) is 29.8 Å². The lowest BCUT2D eigenvalue weighted by atomic mass is 10.2. The zero-order valence-electron chi connectivity index (χ0n) is 12.3. The van der Waals surface area contributed by atoms with Gasteiger partial charge in [-0.2, -0.15) is 12.8 Å². The molecule has 0 radical (unpaired) electrons. The molecular formula is C16H18N2O2S. The van der Waals surface area contributed by atoms with Crippen LogP contribution in [0.1, 0.15) is 11.1 Å². The van der Waals surface area contributed by atoms with Gasteiger partial charge in [0.1, 0.15) is 0 Å². The Balaban J connectivity index is 2.21. The topological polar surface area (TPSA) is 49.7 Å². The first-order valence-corrected chi connectivity index (χ1v) is 7.97. The van der Waals surface area contributed by atoms with Crippen molar-refractivity contribution in [2.45, 2.75) is 11.8 Å². The van der Waals surface area contributed by atoms with Gasteiger partial charge in [0.15, 0.2) is 0 Å². The van der Waals surface area contributed by atoms with Gasteiger partial charge in [0.25, 0.3) is 10.0 Å². The Labute approximate surface area is 125 Å². The SMILES string of the molecule is Cc1ccc(S(=O)(=O)/N=C/c2ccc(N(C)C)cc2)cc1. The van der Waals surface area contributed by atoms with E-state index in [0.29, 0.717) is 0 Å². The third-order valence-electron chi connectivity index (χ3n) is 3.07. The summed E-state index contributed by atoms with van der Waals surface area (Å²) in [4.78, 5) is 2.18. The Morgan fingerprint density at radius 3 is 2.05 bits per heavy atom. The second-order valence-electron chi connectivity index (χ2n) is 5.01.